The van der Waals surface area contributed by atoms with E-state index < -0.39 is 29.1 Å². The van der Waals surface area contributed by atoms with Gasteiger partial charge in [-0.1, -0.05) is 46.5 Å². The molecule has 0 aromatic rings. The number of fused-ring (bicyclic) bond motifs is 1. The van der Waals surface area contributed by atoms with Crippen LogP contribution in [-0.2, 0) is 19.1 Å². The minimum atomic E-state index is -0.747. The highest BCUT2D eigenvalue weighted by molar-refractivity contribution is 5.93. The van der Waals surface area contributed by atoms with Gasteiger partial charge in [0, 0.05) is 6.54 Å². The van der Waals surface area contributed by atoms with E-state index in [9.17, 15) is 14.4 Å². The van der Waals surface area contributed by atoms with Gasteiger partial charge in [-0.05, 0) is 69.6 Å². The number of ether oxygens (including phenoxy) is 1. The molecule has 0 aromatic heterocycles. The number of nitrogens with two attached hydrogens (primary N) is 1. The standard InChI is InChI=1S/C26H45N3O4/c1-25(2,3)21(28-22(30)19(27)16-11-8-7-9-12-16)23(31)29-15-17-13-10-14-18(17)20(29)24(32)33-26(4,5)6/h16-21H,7-15,27H2,1-6H3,(H,28,30)/t17-,18-,19-,20-,21-/m0/s1. The van der Waals surface area contributed by atoms with Crippen molar-refractivity contribution in [3.05, 3.63) is 0 Å². The minimum Gasteiger partial charge on any atom is -0.458 e. The van der Waals surface area contributed by atoms with E-state index in [-0.39, 0.29) is 29.6 Å². The summed E-state index contributed by atoms with van der Waals surface area (Å²) in [6.07, 6.45) is 8.33. The first-order chi connectivity index (χ1) is 15.3. The summed E-state index contributed by atoms with van der Waals surface area (Å²) in [5.41, 5.74) is 5.21. The molecule has 3 N–H and O–H groups in total. The second-order valence-corrected chi connectivity index (χ2v) is 12.6. The Morgan fingerprint density at radius 3 is 2.15 bits per heavy atom. The van der Waals surface area contributed by atoms with Crippen LogP contribution in [0.15, 0.2) is 0 Å². The Hall–Kier alpha value is -1.63. The van der Waals surface area contributed by atoms with Crippen molar-refractivity contribution in [2.75, 3.05) is 6.54 Å². The zero-order valence-electron chi connectivity index (χ0n) is 21.5. The molecule has 1 saturated heterocycles. The molecule has 2 saturated carbocycles. The molecule has 0 unspecified atom stereocenters. The molecular weight excluding hydrogens is 418 g/mol. The Morgan fingerprint density at radius 1 is 0.939 bits per heavy atom. The Kier molecular flexibility index (Phi) is 7.82. The van der Waals surface area contributed by atoms with E-state index in [0.717, 1.165) is 44.9 Å². The van der Waals surface area contributed by atoms with Crippen molar-refractivity contribution >= 4 is 17.8 Å². The molecule has 5 atom stereocenters. The molecule has 33 heavy (non-hydrogen) atoms. The molecule has 2 amide bonds. The van der Waals surface area contributed by atoms with Crippen LogP contribution in [0.25, 0.3) is 0 Å². The van der Waals surface area contributed by atoms with Crippen molar-refractivity contribution in [2.45, 2.75) is 117 Å². The van der Waals surface area contributed by atoms with Crippen molar-refractivity contribution in [1.29, 1.82) is 0 Å². The normalized spacial score (nSPS) is 28.2. The second kappa shape index (κ2) is 9.93. The maximum Gasteiger partial charge on any atom is 0.329 e. The van der Waals surface area contributed by atoms with Crippen molar-refractivity contribution < 1.29 is 19.1 Å². The molecule has 188 valence electrons. The smallest absolute Gasteiger partial charge is 0.329 e. The lowest BCUT2D eigenvalue weighted by Crippen LogP contribution is -2.60. The summed E-state index contributed by atoms with van der Waals surface area (Å²) in [5, 5.41) is 3.00. The van der Waals surface area contributed by atoms with Gasteiger partial charge in [0.1, 0.15) is 17.7 Å². The van der Waals surface area contributed by atoms with Gasteiger partial charge >= 0.3 is 5.97 Å². The molecule has 0 aromatic carbocycles. The van der Waals surface area contributed by atoms with Gasteiger partial charge in [-0.3, -0.25) is 9.59 Å². The molecule has 0 bridgehead atoms. The molecule has 1 aliphatic heterocycles. The quantitative estimate of drug-likeness (QED) is 0.609. The fourth-order valence-electron chi connectivity index (χ4n) is 5.96. The molecule has 3 aliphatic rings. The molecule has 0 spiro atoms. The SMILES string of the molecule is CC(C)(C)OC(=O)[C@@H]1[C@H]2CCC[C@H]2CN1C(=O)[C@H](NC(=O)[C@@H](N)C1CCCCC1)C(C)(C)C. The molecule has 7 heteroatoms. The number of nitrogens with one attached hydrogen (secondary N) is 1. The molecule has 7 nitrogen and oxygen atoms in total. The minimum absolute atomic E-state index is 0.129. The van der Waals surface area contributed by atoms with Crippen molar-refractivity contribution in [3.8, 4) is 0 Å². The number of hydrogen-bond donors (Lipinski definition) is 2. The fraction of sp³-hybridized carbons (Fsp3) is 0.885. The van der Waals surface area contributed by atoms with Crippen LogP contribution in [0.2, 0.25) is 0 Å². The Balaban J connectivity index is 1.79. The van der Waals surface area contributed by atoms with E-state index in [1.807, 2.05) is 41.5 Å². The van der Waals surface area contributed by atoms with E-state index in [4.69, 9.17) is 10.5 Å². The van der Waals surface area contributed by atoms with Gasteiger partial charge in [0.25, 0.3) is 0 Å². The number of carbonyl (C=O) groups excluding carboxylic acids is 3. The summed E-state index contributed by atoms with van der Waals surface area (Å²) < 4.78 is 5.73. The largest absolute Gasteiger partial charge is 0.458 e. The fourth-order valence-corrected chi connectivity index (χ4v) is 5.96. The molecule has 2 aliphatic carbocycles. The van der Waals surface area contributed by atoms with Crippen molar-refractivity contribution in [1.82, 2.24) is 10.2 Å². The number of carbonyl (C=O) groups is 3. The van der Waals surface area contributed by atoms with Gasteiger partial charge in [-0.15, -0.1) is 0 Å². The van der Waals surface area contributed by atoms with Crippen molar-refractivity contribution in [3.63, 3.8) is 0 Å². The van der Waals surface area contributed by atoms with Gasteiger partial charge in [0.2, 0.25) is 11.8 Å². The third kappa shape index (κ3) is 6.09. The number of likely N-dealkylation sites (tertiary alicyclic amines) is 1. The summed E-state index contributed by atoms with van der Waals surface area (Å²) in [6.45, 7) is 11.9. The Bertz CT molecular complexity index is 733. The highest BCUT2D eigenvalue weighted by Gasteiger charge is 2.53. The maximum absolute atomic E-state index is 13.9. The lowest BCUT2D eigenvalue weighted by Gasteiger charge is -2.37. The van der Waals surface area contributed by atoms with Gasteiger partial charge in [0.05, 0.1) is 6.04 Å². The highest BCUT2D eigenvalue weighted by Crippen LogP contribution is 2.43. The number of rotatable bonds is 5. The predicted octanol–water partition coefficient (Wildman–Crippen LogP) is 3.39. The van der Waals surface area contributed by atoms with Crippen LogP contribution in [0.4, 0.5) is 0 Å². The van der Waals surface area contributed by atoms with Crippen LogP contribution in [0.5, 0.6) is 0 Å². The first-order valence-electron chi connectivity index (χ1n) is 12.9. The molecule has 3 rings (SSSR count). The lowest BCUT2D eigenvalue weighted by molar-refractivity contribution is -0.165. The summed E-state index contributed by atoms with van der Waals surface area (Å²) in [7, 11) is 0. The average molecular weight is 464 g/mol. The number of hydrogen-bond acceptors (Lipinski definition) is 5. The van der Waals surface area contributed by atoms with E-state index in [0.29, 0.717) is 12.5 Å². The van der Waals surface area contributed by atoms with Gasteiger partial charge in [-0.2, -0.15) is 0 Å². The maximum atomic E-state index is 13.9. The number of amides is 2. The molecule has 3 fully saturated rings. The first-order valence-corrected chi connectivity index (χ1v) is 12.9. The van der Waals surface area contributed by atoms with Crippen LogP contribution < -0.4 is 11.1 Å². The van der Waals surface area contributed by atoms with E-state index in [2.05, 4.69) is 5.32 Å². The van der Waals surface area contributed by atoms with E-state index in [1.54, 1.807) is 4.90 Å². The van der Waals surface area contributed by atoms with Crippen LogP contribution in [0, 0.1) is 23.2 Å². The van der Waals surface area contributed by atoms with E-state index in [1.165, 1.54) is 6.42 Å². The van der Waals surface area contributed by atoms with Crippen LogP contribution >= 0.6 is 0 Å². The average Bonchev–Trinajstić information content (AvgIpc) is 3.30. The summed E-state index contributed by atoms with van der Waals surface area (Å²) in [5.74, 6) is -0.185. The van der Waals surface area contributed by atoms with E-state index >= 15 is 0 Å². The Labute approximate surface area is 199 Å². The third-order valence-corrected chi connectivity index (χ3v) is 7.68. The molecule has 0 radical (unpaired) electrons. The first kappa shape index (κ1) is 26.0. The van der Waals surface area contributed by atoms with Crippen LogP contribution in [0.3, 0.4) is 0 Å². The summed E-state index contributed by atoms with van der Waals surface area (Å²) in [6, 6.07) is -1.94. The molecular formula is C26H45N3O4. The van der Waals surface area contributed by atoms with Gasteiger partial charge in [-0.25, -0.2) is 4.79 Å². The predicted molar refractivity (Wildman–Crippen MR) is 128 cm³/mol. The zero-order chi connectivity index (χ0) is 24.6. The molecule has 1 heterocycles. The van der Waals surface area contributed by atoms with Crippen molar-refractivity contribution in [2.24, 2.45) is 28.9 Å². The number of esters is 1. The summed E-state index contributed by atoms with van der Waals surface area (Å²) in [4.78, 5) is 41.9. The number of nitrogens with zero attached hydrogens (tertiary/aromatic N) is 1. The Morgan fingerprint density at radius 2 is 1.58 bits per heavy atom. The van der Waals surface area contributed by atoms with Gasteiger partial charge < -0.3 is 20.7 Å². The lowest BCUT2D eigenvalue weighted by atomic mass is 9.82. The van der Waals surface area contributed by atoms with Crippen LogP contribution in [-0.4, -0.2) is 53.0 Å². The van der Waals surface area contributed by atoms with Crippen LogP contribution in [0.1, 0.15) is 92.9 Å². The zero-order valence-corrected chi connectivity index (χ0v) is 21.5. The highest BCUT2D eigenvalue weighted by atomic mass is 16.6. The monoisotopic (exact) mass is 463 g/mol. The van der Waals surface area contributed by atoms with Gasteiger partial charge in [0.15, 0.2) is 0 Å². The topological polar surface area (TPSA) is 102 Å². The second-order valence-electron chi connectivity index (χ2n) is 12.6. The third-order valence-electron chi connectivity index (χ3n) is 7.68. The summed E-state index contributed by atoms with van der Waals surface area (Å²) >= 11 is 0.